The summed E-state index contributed by atoms with van der Waals surface area (Å²) in [5, 5.41) is 12.6. The fourth-order valence-electron chi connectivity index (χ4n) is 3.70. The van der Waals surface area contributed by atoms with Crippen molar-refractivity contribution in [3.05, 3.63) is 48.3 Å². The largest absolute Gasteiger partial charge is 0.497 e. The summed E-state index contributed by atoms with van der Waals surface area (Å²) in [4.78, 5) is 12.4. The van der Waals surface area contributed by atoms with E-state index in [-0.39, 0.29) is 5.91 Å². The highest BCUT2D eigenvalue weighted by atomic mass is 32.2. The van der Waals surface area contributed by atoms with E-state index in [2.05, 4.69) is 29.0 Å². The Balaban J connectivity index is 1.61. The van der Waals surface area contributed by atoms with Gasteiger partial charge in [-0.3, -0.25) is 4.79 Å². The van der Waals surface area contributed by atoms with Crippen LogP contribution < -0.4 is 10.1 Å². The Labute approximate surface area is 177 Å². The van der Waals surface area contributed by atoms with Gasteiger partial charge in [-0.05, 0) is 36.5 Å². The average molecular weight is 415 g/mol. The molecule has 1 N–H and O–H groups in total. The minimum atomic E-state index is 0.0682. The minimum absolute atomic E-state index is 0.0682. The van der Waals surface area contributed by atoms with E-state index in [1.807, 2.05) is 34.9 Å². The number of allylic oxidation sites excluding steroid dienone is 1. The Hall–Kier alpha value is -2.28. The van der Waals surface area contributed by atoms with Crippen molar-refractivity contribution < 1.29 is 9.53 Å². The highest BCUT2D eigenvalue weighted by molar-refractivity contribution is 7.99. The Morgan fingerprint density at radius 1 is 1.31 bits per heavy atom. The van der Waals surface area contributed by atoms with Crippen molar-refractivity contribution in [2.24, 2.45) is 5.92 Å². The van der Waals surface area contributed by atoms with Gasteiger partial charge in [0, 0.05) is 19.0 Å². The molecule has 1 fully saturated rings. The SMILES string of the molecule is C=CCn1c(Cc2ccc(OC)cc2)nnc1SCC(=O)N[C@H]1CCCC[C@@H]1C. The molecule has 0 bridgehead atoms. The topological polar surface area (TPSA) is 69.0 Å². The third-order valence-corrected chi connectivity index (χ3v) is 6.38. The van der Waals surface area contributed by atoms with E-state index in [0.29, 0.717) is 30.7 Å². The highest BCUT2D eigenvalue weighted by Gasteiger charge is 2.23. The molecule has 1 aliphatic rings. The molecule has 156 valence electrons. The van der Waals surface area contributed by atoms with Gasteiger partial charge in [-0.1, -0.05) is 49.7 Å². The summed E-state index contributed by atoms with van der Waals surface area (Å²) in [5.41, 5.74) is 1.13. The molecular weight excluding hydrogens is 384 g/mol. The summed E-state index contributed by atoms with van der Waals surface area (Å²) in [6, 6.07) is 8.23. The molecule has 2 aromatic rings. The van der Waals surface area contributed by atoms with Crippen molar-refractivity contribution in [1.82, 2.24) is 20.1 Å². The van der Waals surface area contributed by atoms with Gasteiger partial charge in [-0.2, -0.15) is 0 Å². The zero-order valence-electron chi connectivity index (χ0n) is 17.3. The number of amides is 1. The van der Waals surface area contributed by atoms with Crippen LogP contribution in [0.15, 0.2) is 42.1 Å². The molecule has 6 nitrogen and oxygen atoms in total. The van der Waals surface area contributed by atoms with Crippen LogP contribution in [0.2, 0.25) is 0 Å². The van der Waals surface area contributed by atoms with Crippen LogP contribution in [0.1, 0.15) is 44.0 Å². The molecule has 0 saturated heterocycles. The van der Waals surface area contributed by atoms with E-state index >= 15 is 0 Å². The smallest absolute Gasteiger partial charge is 0.230 e. The molecular formula is C22H30N4O2S. The van der Waals surface area contributed by atoms with E-state index < -0.39 is 0 Å². The molecule has 3 rings (SSSR count). The second-order valence-corrected chi connectivity index (χ2v) is 8.49. The summed E-state index contributed by atoms with van der Waals surface area (Å²) < 4.78 is 7.24. The number of nitrogens with one attached hydrogen (secondary N) is 1. The number of carbonyl (C=O) groups is 1. The number of benzene rings is 1. The average Bonchev–Trinajstić information content (AvgIpc) is 3.10. The monoisotopic (exact) mass is 414 g/mol. The lowest BCUT2D eigenvalue weighted by Crippen LogP contribution is -2.41. The van der Waals surface area contributed by atoms with Crippen molar-refractivity contribution in [2.75, 3.05) is 12.9 Å². The summed E-state index contributed by atoms with van der Waals surface area (Å²) in [5.74, 6) is 2.66. The maximum Gasteiger partial charge on any atom is 0.230 e. The van der Waals surface area contributed by atoms with Crippen LogP contribution in [0.5, 0.6) is 5.75 Å². The fourth-order valence-corrected chi connectivity index (χ4v) is 4.48. The Bertz CT molecular complexity index is 819. The van der Waals surface area contributed by atoms with E-state index in [4.69, 9.17) is 4.74 Å². The molecule has 29 heavy (non-hydrogen) atoms. The van der Waals surface area contributed by atoms with Crippen LogP contribution in [0.4, 0.5) is 0 Å². The second kappa shape index (κ2) is 10.5. The molecule has 2 atom stereocenters. The molecule has 1 amide bonds. The Morgan fingerprint density at radius 2 is 2.07 bits per heavy atom. The van der Waals surface area contributed by atoms with Gasteiger partial charge >= 0.3 is 0 Å². The number of thioether (sulfide) groups is 1. The van der Waals surface area contributed by atoms with Crippen LogP contribution in [0.25, 0.3) is 0 Å². The van der Waals surface area contributed by atoms with E-state index in [0.717, 1.165) is 28.7 Å². The Morgan fingerprint density at radius 3 is 2.76 bits per heavy atom. The zero-order valence-corrected chi connectivity index (χ0v) is 18.1. The molecule has 1 heterocycles. The number of rotatable bonds is 9. The number of carbonyl (C=O) groups excluding carboxylic acids is 1. The van der Waals surface area contributed by atoms with Crippen molar-refractivity contribution in [2.45, 2.75) is 56.8 Å². The standard InChI is InChI=1S/C22H30N4O2S/c1-4-13-26-20(14-17-9-11-18(28-3)12-10-17)24-25-22(26)29-15-21(27)23-19-8-6-5-7-16(19)2/h4,9-12,16,19H,1,5-8,13-15H2,2-3H3,(H,23,27)/t16-,19-/m0/s1. The molecule has 0 radical (unpaired) electrons. The molecule has 1 saturated carbocycles. The van der Waals surface area contributed by atoms with Crippen molar-refractivity contribution in [1.29, 1.82) is 0 Å². The number of aromatic nitrogens is 3. The van der Waals surface area contributed by atoms with Crippen molar-refractivity contribution in [3.8, 4) is 5.75 Å². The molecule has 0 aliphatic heterocycles. The number of hydrogen-bond acceptors (Lipinski definition) is 5. The predicted octanol–water partition coefficient (Wildman–Crippen LogP) is 3.85. The second-order valence-electron chi connectivity index (χ2n) is 7.55. The quantitative estimate of drug-likeness (QED) is 0.499. The zero-order chi connectivity index (χ0) is 20.6. The lowest BCUT2D eigenvalue weighted by Gasteiger charge is -2.29. The lowest BCUT2D eigenvalue weighted by atomic mass is 9.86. The summed E-state index contributed by atoms with van der Waals surface area (Å²) in [6.45, 7) is 6.69. The van der Waals surface area contributed by atoms with Crippen LogP contribution in [0, 0.1) is 5.92 Å². The van der Waals surface area contributed by atoms with Gasteiger partial charge in [0.2, 0.25) is 5.91 Å². The van der Waals surface area contributed by atoms with E-state index in [1.54, 1.807) is 7.11 Å². The van der Waals surface area contributed by atoms with Gasteiger partial charge in [0.05, 0.1) is 12.9 Å². The minimum Gasteiger partial charge on any atom is -0.497 e. The molecule has 1 aliphatic carbocycles. The van der Waals surface area contributed by atoms with Gasteiger partial charge in [0.1, 0.15) is 11.6 Å². The maximum absolute atomic E-state index is 12.4. The first-order valence-corrected chi connectivity index (χ1v) is 11.2. The van der Waals surface area contributed by atoms with Crippen molar-refractivity contribution in [3.63, 3.8) is 0 Å². The summed E-state index contributed by atoms with van der Waals surface area (Å²) >= 11 is 1.43. The maximum atomic E-state index is 12.4. The normalized spacial score (nSPS) is 19.0. The molecule has 1 aromatic carbocycles. The van der Waals surface area contributed by atoms with Crippen LogP contribution in [-0.4, -0.2) is 39.6 Å². The van der Waals surface area contributed by atoms with Crippen LogP contribution in [-0.2, 0) is 17.8 Å². The van der Waals surface area contributed by atoms with Gasteiger partial charge in [-0.15, -0.1) is 16.8 Å². The first-order valence-electron chi connectivity index (χ1n) is 10.2. The van der Waals surface area contributed by atoms with Gasteiger partial charge in [0.15, 0.2) is 5.16 Å². The third-order valence-electron chi connectivity index (χ3n) is 5.42. The van der Waals surface area contributed by atoms with Gasteiger partial charge < -0.3 is 14.6 Å². The molecule has 0 unspecified atom stereocenters. The highest BCUT2D eigenvalue weighted by Crippen LogP contribution is 2.24. The van der Waals surface area contributed by atoms with E-state index in [1.165, 1.54) is 31.0 Å². The summed E-state index contributed by atoms with van der Waals surface area (Å²) in [6.07, 6.45) is 7.23. The number of hydrogen-bond donors (Lipinski definition) is 1. The molecule has 1 aromatic heterocycles. The van der Waals surface area contributed by atoms with Crippen molar-refractivity contribution >= 4 is 17.7 Å². The van der Waals surface area contributed by atoms with Gasteiger partial charge in [0.25, 0.3) is 0 Å². The Kier molecular flexibility index (Phi) is 7.75. The predicted molar refractivity (Wildman–Crippen MR) is 116 cm³/mol. The summed E-state index contributed by atoms with van der Waals surface area (Å²) in [7, 11) is 1.66. The first kappa shape index (κ1) is 21.4. The van der Waals surface area contributed by atoms with E-state index in [9.17, 15) is 4.79 Å². The van der Waals surface area contributed by atoms with Crippen LogP contribution >= 0.6 is 11.8 Å². The molecule has 0 spiro atoms. The lowest BCUT2D eigenvalue weighted by molar-refractivity contribution is -0.119. The number of ether oxygens (including phenoxy) is 1. The van der Waals surface area contributed by atoms with Crippen LogP contribution in [0.3, 0.4) is 0 Å². The number of nitrogens with zero attached hydrogens (tertiary/aromatic N) is 3. The molecule has 7 heteroatoms. The third kappa shape index (κ3) is 5.85. The fraction of sp³-hybridized carbons (Fsp3) is 0.500. The number of methoxy groups -OCH3 is 1. The first-order chi connectivity index (χ1) is 14.1. The van der Waals surface area contributed by atoms with Gasteiger partial charge in [-0.25, -0.2) is 0 Å².